The molecule has 1 heterocycles. The Morgan fingerprint density at radius 1 is 1.00 bits per heavy atom. The first kappa shape index (κ1) is 22.9. The molecule has 0 aromatic heterocycles. The van der Waals surface area contributed by atoms with Gasteiger partial charge < -0.3 is 10.2 Å². The first-order valence-corrected chi connectivity index (χ1v) is 10.4. The van der Waals surface area contributed by atoms with E-state index in [9.17, 15) is 23.6 Å². The van der Waals surface area contributed by atoms with E-state index in [0.717, 1.165) is 4.90 Å². The van der Waals surface area contributed by atoms with E-state index in [0.29, 0.717) is 30.0 Å². The number of nitrogens with zero attached hydrogens (tertiary/aromatic N) is 3. The summed E-state index contributed by atoms with van der Waals surface area (Å²) in [6.45, 7) is 6.08. The number of carbonyl (C=O) groups is 4. The van der Waals surface area contributed by atoms with E-state index in [1.165, 1.54) is 29.2 Å². The molecule has 2 aromatic rings. The Bertz CT molecular complexity index is 1020. The van der Waals surface area contributed by atoms with Crippen molar-refractivity contribution in [1.29, 1.82) is 0 Å². The smallest absolute Gasteiger partial charge is 0.332 e. The topological polar surface area (TPSA) is 90.0 Å². The van der Waals surface area contributed by atoms with Gasteiger partial charge in [-0.15, -0.1) is 0 Å². The lowest BCUT2D eigenvalue weighted by molar-refractivity contribution is -0.130. The standard InChI is InChI=1S/C23H25FN4O4/c1-4-26(5-2)22(31)16-6-10-18(11-7-16)25-20(29)14-27-21(30)15(3)28(23(27)32)19-12-8-17(24)9-13-19/h6-13,15H,4-5,14H2,1-3H3,(H,25,29). The molecule has 1 N–H and O–H groups in total. The number of nitrogens with one attached hydrogen (secondary N) is 1. The number of rotatable bonds is 7. The van der Waals surface area contributed by atoms with Gasteiger partial charge >= 0.3 is 6.03 Å². The van der Waals surface area contributed by atoms with E-state index >= 15 is 0 Å². The summed E-state index contributed by atoms with van der Waals surface area (Å²) >= 11 is 0. The number of hydrogen-bond donors (Lipinski definition) is 1. The normalized spacial score (nSPS) is 15.8. The van der Waals surface area contributed by atoms with Crippen LogP contribution in [0.5, 0.6) is 0 Å². The zero-order chi connectivity index (χ0) is 23.4. The fraction of sp³-hybridized carbons (Fsp3) is 0.304. The lowest BCUT2D eigenvalue weighted by atomic mass is 10.1. The fourth-order valence-corrected chi connectivity index (χ4v) is 3.54. The predicted octanol–water partition coefficient (Wildman–Crippen LogP) is 3.10. The third-order valence-electron chi connectivity index (χ3n) is 5.32. The van der Waals surface area contributed by atoms with Crippen molar-refractivity contribution >= 4 is 35.1 Å². The quantitative estimate of drug-likeness (QED) is 0.670. The SMILES string of the molecule is CCN(CC)C(=O)c1ccc(NC(=O)CN2C(=O)C(C)N(c3ccc(F)cc3)C2=O)cc1. The van der Waals surface area contributed by atoms with Crippen LogP contribution in [0, 0.1) is 5.82 Å². The molecule has 9 heteroatoms. The Hall–Kier alpha value is -3.75. The summed E-state index contributed by atoms with van der Waals surface area (Å²) in [5.74, 6) is -1.63. The number of hydrogen-bond acceptors (Lipinski definition) is 4. The van der Waals surface area contributed by atoms with Crippen LogP contribution in [0.4, 0.5) is 20.6 Å². The van der Waals surface area contributed by atoms with Gasteiger partial charge in [0.1, 0.15) is 18.4 Å². The highest BCUT2D eigenvalue weighted by Crippen LogP contribution is 2.26. The van der Waals surface area contributed by atoms with Gasteiger partial charge in [-0.05, 0) is 69.3 Å². The molecule has 1 fully saturated rings. The van der Waals surface area contributed by atoms with Crippen LogP contribution in [0.1, 0.15) is 31.1 Å². The van der Waals surface area contributed by atoms with Gasteiger partial charge in [0, 0.05) is 30.0 Å². The van der Waals surface area contributed by atoms with E-state index in [2.05, 4.69) is 5.32 Å². The largest absolute Gasteiger partial charge is 0.339 e. The van der Waals surface area contributed by atoms with Crippen LogP contribution in [0.2, 0.25) is 0 Å². The van der Waals surface area contributed by atoms with Crippen LogP contribution < -0.4 is 10.2 Å². The molecular weight excluding hydrogens is 415 g/mol. The summed E-state index contributed by atoms with van der Waals surface area (Å²) in [7, 11) is 0. The second kappa shape index (κ2) is 9.59. The molecule has 1 aliphatic rings. The van der Waals surface area contributed by atoms with Gasteiger partial charge in [0.2, 0.25) is 5.91 Å². The first-order chi connectivity index (χ1) is 15.3. The highest BCUT2D eigenvalue weighted by molar-refractivity contribution is 6.16. The van der Waals surface area contributed by atoms with Crippen LogP contribution in [-0.4, -0.2) is 59.2 Å². The van der Waals surface area contributed by atoms with Crippen LogP contribution in [0.25, 0.3) is 0 Å². The lowest BCUT2D eigenvalue weighted by Crippen LogP contribution is -2.39. The maximum absolute atomic E-state index is 13.2. The van der Waals surface area contributed by atoms with Gasteiger partial charge in [-0.1, -0.05) is 0 Å². The average Bonchev–Trinajstić information content (AvgIpc) is 2.99. The number of carbonyl (C=O) groups excluding carboxylic acids is 4. The fourth-order valence-electron chi connectivity index (χ4n) is 3.54. The molecule has 0 bridgehead atoms. The number of urea groups is 1. The molecule has 8 nitrogen and oxygen atoms in total. The Kier molecular flexibility index (Phi) is 6.87. The van der Waals surface area contributed by atoms with Crippen molar-refractivity contribution in [2.45, 2.75) is 26.8 Å². The first-order valence-electron chi connectivity index (χ1n) is 10.4. The third kappa shape index (κ3) is 4.61. The Balaban J connectivity index is 1.65. The highest BCUT2D eigenvalue weighted by Gasteiger charge is 2.44. The van der Waals surface area contributed by atoms with E-state index in [1.54, 1.807) is 36.1 Å². The minimum atomic E-state index is -0.814. The Morgan fingerprint density at radius 2 is 1.59 bits per heavy atom. The van der Waals surface area contributed by atoms with Gasteiger partial charge in [0.05, 0.1) is 0 Å². The molecule has 32 heavy (non-hydrogen) atoms. The monoisotopic (exact) mass is 440 g/mol. The molecule has 2 aromatic carbocycles. The average molecular weight is 440 g/mol. The molecule has 0 saturated carbocycles. The maximum atomic E-state index is 13.2. The van der Waals surface area contributed by atoms with E-state index in [-0.39, 0.29) is 5.91 Å². The van der Waals surface area contributed by atoms with Gasteiger partial charge in [0.25, 0.3) is 11.8 Å². The molecule has 0 aliphatic carbocycles. The Labute approximate surface area is 185 Å². The van der Waals surface area contributed by atoms with Gasteiger partial charge in [-0.2, -0.15) is 0 Å². The van der Waals surface area contributed by atoms with Gasteiger partial charge in [-0.3, -0.25) is 24.2 Å². The van der Waals surface area contributed by atoms with Gasteiger partial charge in [-0.25, -0.2) is 9.18 Å². The predicted molar refractivity (Wildman–Crippen MR) is 118 cm³/mol. The van der Waals surface area contributed by atoms with E-state index < -0.39 is 36.2 Å². The third-order valence-corrected chi connectivity index (χ3v) is 5.32. The van der Waals surface area contributed by atoms with Crippen molar-refractivity contribution in [3.05, 3.63) is 59.9 Å². The summed E-state index contributed by atoms with van der Waals surface area (Å²) in [6.07, 6.45) is 0. The van der Waals surface area contributed by atoms with Crippen LogP contribution in [-0.2, 0) is 9.59 Å². The number of amides is 5. The van der Waals surface area contributed by atoms with Crippen molar-refractivity contribution < 1.29 is 23.6 Å². The van der Waals surface area contributed by atoms with Crippen molar-refractivity contribution in [2.24, 2.45) is 0 Å². The zero-order valence-electron chi connectivity index (χ0n) is 18.2. The maximum Gasteiger partial charge on any atom is 0.332 e. The molecule has 1 saturated heterocycles. The molecule has 0 radical (unpaired) electrons. The van der Waals surface area contributed by atoms with Crippen molar-refractivity contribution in [3.8, 4) is 0 Å². The Morgan fingerprint density at radius 3 is 2.16 bits per heavy atom. The molecule has 1 atom stereocenters. The molecule has 3 rings (SSSR count). The molecule has 0 spiro atoms. The molecule has 5 amide bonds. The minimum absolute atomic E-state index is 0.101. The minimum Gasteiger partial charge on any atom is -0.339 e. The van der Waals surface area contributed by atoms with E-state index in [4.69, 9.17) is 0 Å². The zero-order valence-corrected chi connectivity index (χ0v) is 18.2. The highest BCUT2D eigenvalue weighted by atomic mass is 19.1. The van der Waals surface area contributed by atoms with E-state index in [1.807, 2.05) is 13.8 Å². The second-order valence-corrected chi connectivity index (χ2v) is 7.33. The molecule has 168 valence electrons. The number of imide groups is 1. The van der Waals surface area contributed by atoms with Gasteiger partial charge in [0.15, 0.2) is 0 Å². The number of halogens is 1. The summed E-state index contributed by atoms with van der Waals surface area (Å²) in [5.41, 5.74) is 1.31. The van der Waals surface area contributed by atoms with Crippen LogP contribution in [0.15, 0.2) is 48.5 Å². The van der Waals surface area contributed by atoms with Crippen molar-refractivity contribution in [2.75, 3.05) is 29.9 Å². The van der Waals surface area contributed by atoms with Crippen molar-refractivity contribution in [1.82, 2.24) is 9.80 Å². The molecule has 1 unspecified atom stereocenters. The number of benzene rings is 2. The molecule has 1 aliphatic heterocycles. The summed E-state index contributed by atoms with van der Waals surface area (Å²) in [6, 6.07) is 10.2. The van der Waals surface area contributed by atoms with Crippen molar-refractivity contribution in [3.63, 3.8) is 0 Å². The summed E-state index contributed by atoms with van der Waals surface area (Å²) in [5, 5.41) is 2.63. The number of anilines is 2. The molecular formula is C23H25FN4O4. The lowest BCUT2D eigenvalue weighted by Gasteiger charge is -2.19. The summed E-state index contributed by atoms with van der Waals surface area (Å²) in [4.78, 5) is 53.9. The summed E-state index contributed by atoms with van der Waals surface area (Å²) < 4.78 is 13.2. The van der Waals surface area contributed by atoms with Crippen LogP contribution in [0.3, 0.4) is 0 Å². The second-order valence-electron chi connectivity index (χ2n) is 7.33. The van der Waals surface area contributed by atoms with Crippen LogP contribution >= 0.6 is 0 Å².